The molecule has 0 spiro atoms. The van der Waals surface area contributed by atoms with E-state index in [-0.39, 0.29) is 0 Å². The molecule has 3 rings (SSSR count). The van der Waals surface area contributed by atoms with E-state index in [1.807, 2.05) is 8.34 Å². The van der Waals surface area contributed by atoms with E-state index in [2.05, 4.69) is 13.8 Å². The van der Waals surface area contributed by atoms with Gasteiger partial charge in [0.05, 0.1) is 0 Å². The summed E-state index contributed by atoms with van der Waals surface area (Å²) in [5.41, 5.74) is 1.25. The standard InChI is InChI=1S/C16H26P2Se/c1-15(9-5-3-6-10-15)13-17-18-14(19-13)16(2)11-7-4-8-12-16/h3-12H2,1-2H3. The maximum atomic E-state index is 2.58. The van der Waals surface area contributed by atoms with Crippen molar-refractivity contribution in [3.63, 3.8) is 0 Å². The Morgan fingerprint density at radius 2 is 1.05 bits per heavy atom. The molecule has 0 bridgehead atoms. The zero-order valence-electron chi connectivity index (χ0n) is 12.4. The van der Waals surface area contributed by atoms with Crippen molar-refractivity contribution < 1.29 is 0 Å². The van der Waals surface area contributed by atoms with Crippen LogP contribution in [0.3, 0.4) is 0 Å². The first-order valence-electron chi connectivity index (χ1n) is 7.97. The summed E-state index contributed by atoms with van der Waals surface area (Å²) in [6.45, 7) is 5.16. The van der Waals surface area contributed by atoms with Crippen molar-refractivity contribution >= 4 is 30.2 Å². The summed E-state index contributed by atoms with van der Waals surface area (Å²) < 4.78 is 3.92. The number of hydrogen-bond donors (Lipinski definition) is 0. The predicted octanol–water partition coefficient (Wildman–Crippen LogP) is 6.35. The minimum absolute atomic E-state index is 0.625. The van der Waals surface area contributed by atoms with E-state index >= 15 is 0 Å². The third-order valence-corrected chi connectivity index (χ3v) is 15.2. The van der Waals surface area contributed by atoms with Gasteiger partial charge in [-0.1, -0.05) is 0 Å². The second-order valence-electron chi connectivity index (χ2n) is 7.16. The van der Waals surface area contributed by atoms with Crippen molar-refractivity contribution in [3.05, 3.63) is 8.34 Å². The van der Waals surface area contributed by atoms with Gasteiger partial charge in [-0.3, -0.25) is 0 Å². The van der Waals surface area contributed by atoms with Crippen molar-refractivity contribution in [1.29, 1.82) is 0 Å². The van der Waals surface area contributed by atoms with Crippen LogP contribution >= 0.6 is 15.7 Å². The van der Waals surface area contributed by atoms with Crippen LogP contribution in [0.4, 0.5) is 0 Å². The van der Waals surface area contributed by atoms with Gasteiger partial charge in [-0.2, -0.15) is 0 Å². The molecule has 0 radical (unpaired) electrons. The van der Waals surface area contributed by atoms with Crippen LogP contribution in [0.5, 0.6) is 0 Å². The Morgan fingerprint density at radius 1 is 0.684 bits per heavy atom. The maximum absolute atomic E-state index is 2.58. The van der Waals surface area contributed by atoms with E-state index in [4.69, 9.17) is 0 Å². The van der Waals surface area contributed by atoms with Crippen LogP contribution in [0.1, 0.15) is 86.4 Å². The summed E-state index contributed by atoms with van der Waals surface area (Å²) in [6, 6.07) is 0. The second kappa shape index (κ2) is 5.93. The normalized spacial score (nSPS) is 27.1. The Balaban J connectivity index is 1.82. The van der Waals surface area contributed by atoms with Crippen molar-refractivity contribution in [2.75, 3.05) is 0 Å². The first-order valence-corrected chi connectivity index (χ1v) is 12.2. The molecule has 0 aromatic carbocycles. The van der Waals surface area contributed by atoms with Gasteiger partial charge in [0.25, 0.3) is 0 Å². The fourth-order valence-corrected chi connectivity index (χ4v) is 13.9. The van der Waals surface area contributed by atoms with E-state index in [9.17, 15) is 0 Å². The quantitative estimate of drug-likeness (QED) is 0.540. The second-order valence-corrected chi connectivity index (χ2v) is 13.2. The number of rotatable bonds is 2. The van der Waals surface area contributed by atoms with Crippen LogP contribution in [-0.4, -0.2) is 14.5 Å². The van der Waals surface area contributed by atoms with Crippen molar-refractivity contribution in [2.45, 2.75) is 88.9 Å². The van der Waals surface area contributed by atoms with E-state index < -0.39 is 0 Å². The van der Waals surface area contributed by atoms with E-state index in [1.54, 1.807) is 15.7 Å². The fraction of sp³-hybridized carbons (Fsp3) is 0.875. The summed E-state index contributed by atoms with van der Waals surface area (Å²) in [7, 11) is 3.39. The molecule has 0 aliphatic heterocycles. The molecule has 2 aliphatic carbocycles. The summed E-state index contributed by atoms with van der Waals surface area (Å²) in [5, 5.41) is 0. The topological polar surface area (TPSA) is 0 Å². The van der Waals surface area contributed by atoms with Crippen LogP contribution in [0, 0.1) is 0 Å². The minimum atomic E-state index is 0.625. The van der Waals surface area contributed by atoms with Gasteiger partial charge in [0.1, 0.15) is 0 Å². The third-order valence-electron chi connectivity index (χ3n) is 5.37. The average molecular weight is 359 g/mol. The molecule has 1 heterocycles. The molecule has 0 unspecified atom stereocenters. The fourth-order valence-electron chi connectivity index (χ4n) is 3.80. The Morgan fingerprint density at radius 3 is 1.42 bits per heavy atom. The van der Waals surface area contributed by atoms with E-state index in [0.717, 1.165) is 14.5 Å². The van der Waals surface area contributed by atoms with Crippen LogP contribution in [0.15, 0.2) is 0 Å². The molecule has 1 aromatic rings. The summed E-state index contributed by atoms with van der Waals surface area (Å²) in [4.78, 5) is 0. The van der Waals surface area contributed by atoms with Gasteiger partial charge in [0.15, 0.2) is 0 Å². The van der Waals surface area contributed by atoms with Gasteiger partial charge < -0.3 is 0 Å². The zero-order valence-corrected chi connectivity index (χ0v) is 15.9. The molecule has 2 saturated carbocycles. The first-order chi connectivity index (χ1) is 9.12. The molecule has 0 atom stereocenters. The molecule has 106 valence electrons. The Bertz CT molecular complexity index is 387. The summed E-state index contributed by atoms with van der Waals surface area (Å²) >= 11 is 0.751. The molecule has 0 N–H and O–H groups in total. The van der Waals surface area contributed by atoms with Crippen LogP contribution < -0.4 is 0 Å². The summed E-state index contributed by atoms with van der Waals surface area (Å²) in [6.07, 6.45) is 14.8. The Hall–Kier alpha value is 0.859. The molecule has 0 nitrogen and oxygen atoms in total. The van der Waals surface area contributed by atoms with Crippen molar-refractivity contribution in [3.8, 4) is 0 Å². The van der Waals surface area contributed by atoms with E-state index in [0.29, 0.717) is 10.8 Å². The van der Waals surface area contributed by atoms with E-state index in [1.165, 1.54) is 64.2 Å². The predicted molar refractivity (Wildman–Crippen MR) is 89.3 cm³/mol. The molecule has 2 fully saturated rings. The molecule has 2 aliphatic rings. The van der Waals surface area contributed by atoms with Crippen LogP contribution in [0.25, 0.3) is 0 Å². The molecule has 3 heteroatoms. The van der Waals surface area contributed by atoms with Gasteiger partial charge in [-0.15, -0.1) is 0 Å². The van der Waals surface area contributed by atoms with Crippen LogP contribution in [0.2, 0.25) is 0 Å². The molecule has 1 aromatic heterocycles. The van der Waals surface area contributed by atoms with Gasteiger partial charge in [0.2, 0.25) is 0 Å². The van der Waals surface area contributed by atoms with Gasteiger partial charge in [0, 0.05) is 0 Å². The number of hydrogen-bond acceptors (Lipinski definition) is 0. The third kappa shape index (κ3) is 3.06. The van der Waals surface area contributed by atoms with Crippen LogP contribution in [-0.2, 0) is 10.8 Å². The average Bonchev–Trinajstić information content (AvgIpc) is 2.91. The molecular formula is C16H26P2Se. The zero-order chi connectivity index (χ0) is 13.3. The summed E-state index contributed by atoms with van der Waals surface area (Å²) in [5.74, 6) is 0. The van der Waals surface area contributed by atoms with Gasteiger partial charge >= 0.3 is 127 Å². The Labute approximate surface area is 127 Å². The van der Waals surface area contributed by atoms with Gasteiger partial charge in [-0.05, 0) is 0 Å². The Kier molecular flexibility index (Phi) is 4.61. The molecule has 0 amide bonds. The molecule has 0 saturated heterocycles. The van der Waals surface area contributed by atoms with Gasteiger partial charge in [-0.25, -0.2) is 0 Å². The molecular weight excluding hydrogens is 333 g/mol. The van der Waals surface area contributed by atoms with Crippen molar-refractivity contribution in [1.82, 2.24) is 0 Å². The monoisotopic (exact) mass is 360 g/mol. The SMILES string of the molecule is CC1(c2ppc(C3(C)CCCCC3)[se]2)CCCCC1. The first kappa shape index (κ1) is 14.8. The molecule has 19 heavy (non-hydrogen) atoms. The van der Waals surface area contributed by atoms with Crippen molar-refractivity contribution in [2.24, 2.45) is 0 Å².